The highest BCUT2D eigenvalue weighted by atomic mass is 16.5. The minimum absolute atomic E-state index is 0.0315. The maximum atomic E-state index is 12.8. The highest BCUT2D eigenvalue weighted by Gasteiger charge is 2.45. The Morgan fingerprint density at radius 1 is 1.58 bits per heavy atom. The molecule has 124 valence electrons. The molecule has 2 atom stereocenters. The van der Waals surface area contributed by atoms with Gasteiger partial charge in [0.25, 0.3) is 0 Å². The van der Waals surface area contributed by atoms with Crippen LogP contribution in [0.1, 0.15) is 18.4 Å². The summed E-state index contributed by atoms with van der Waals surface area (Å²) >= 11 is 0. The van der Waals surface area contributed by atoms with Crippen LogP contribution in [0.15, 0.2) is 35.7 Å². The van der Waals surface area contributed by atoms with Crippen molar-refractivity contribution < 1.29 is 9.53 Å². The fraction of sp³-hybridized carbons (Fsp3) is 0.471. The van der Waals surface area contributed by atoms with E-state index in [1.54, 1.807) is 10.9 Å². The summed E-state index contributed by atoms with van der Waals surface area (Å²) < 4.78 is 7.09. The number of fused-ring (bicyclic) bond motifs is 1. The van der Waals surface area contributed by atoms with Crippen LogP contribution in [0.3, 0.4) is 0 Å². The standard InChI is InChI=1S/C17H19N5O2/c1-22-8-13(7-19-22)17(9-24-10-17)21-16(23)15-5-12-4-11(6-18)2-3-14(12)20-15/h2,4,7-8,14-15,20H,3,5,9-10H2,1H3,(H,21,23). The molecule has 2 aliphatic heterocycles. The molecular weight excluding hydrogens is 306 g/mol. The summed E-state index contributed by atoms with van der Waals surface area (Å²) in [7, 11) is 1.86. The van der Waals surface area contributed by atoms with E-state index in [0.717, 1.165) is 17.6 Å². The first-order valence-electron chi connectivity index (χ1n) is 8.05. The van der Waals surface area contributed by atoms with E-state index in [1.165, 1.54) is 0 Å². The fourth-order valence-corrected chi connectivity index (χ4v) is 3.52. The van der Waals surface area contributed by atoms with E-state index in [0.29, 0.717) is 25.2 Å². The number of nitrogens with one attached hydrogen (secondary N) is 2. The molecule has 3 aliphatic rings. The van der Waals surface area contributed by atoms with Crippen LogP contribution in [-0.2, 0) is 22.1 Å². The minimum Gasteiger partial charge on any atom is -0.376 e. The molecule has 1 amide bonds. The summed E-state index contributed by atoms with van der Waals surface area (Å²) in [5.41, 5.74) is 2.30. The lowest BCUT2D eigenvalue weighted by Gasteiger charge is -2.42. The molecule has 0 spiro atoms. The zero-order chi connectivity index (χ0) is 16.7. The number of hydrogen-bond acceptors (Lipinski definition) is 5. The predicted octanol–water partition coefficient (Wildman–Crippen LogP) is 0.272. The molecule has 7 heteroatoms. The van der Waals surface area contributed by atoms with Crippen LogP contribution in [0, 0.1) is 11.3 Å². The van der Waals surface area contributed by atoms with Gasteiger partial charge in [-0.1, -0.05) is 6.08 Å². The molecule has 0 bridgehead atoms. The first-order chi connectivity index (χ1) is 11.6. The van der Waals surface area contributed by atoms with Gasteiger partial charge in [-0.05, 0) is 24.5 Å². The van der Waals surface area contributed by atoms with Gasteiger partial charge in [-0.2, -0.15) is 10.4 Å². The van der Waals surface area contributed by atoms with Gasteiger partial charge in [-0.25, -0.2) is 0 Å². The van der Waals surface area contributed by atoms with Crippen molar-refractivity contribution in [3.05, 3.63) is 41.3 Å². The Balaban J connectivity index is 1.47. The highest BCUT2D eigenvalue weighted by Crippen LogP contribution is 2.31. The molecular formula is C17H19N5O2. The Labute approximate surface area is 140 Å². The molecule has 1 aromatic rings. The lowest BCUT2D eigenvalue weighted by atomic mass is 9.89. The lowest BCUT2D eigenvalue weighted by Crippen LogP contribution is -2.62. The van der Waals surface area contributed by atoms with Crippen molar-refractivity contribution >= 4 is 5.91 Å². The van der Waals surface area contributed by atoms with E-state index >= 15 is 0 Å². The maximum absolute atomic E-state index is 12.8. The van der Waals surface area contributed by atoms with Crippen LogP contribution in [0.5, 0.6) is 0 Å². The van der Waals surface area contributed by atoms with Gasteiger partial charge in [0.15, 0.2) is 0 Å². The minimum atomic E-state index is -0.481. The van der Waals surface area contributed by atoms with Crippen LogP contribution in [-0.4, -0.2) is 41.0 Å². The summed E-state index contributed by atoms with van der Waals surface area (Å²) in [4.78, 5) is 12.8. The number of aryl methyl sites for hydroxylation is 1. The van der Waals surface area contributed by atoms with Gasteiger partial charge in [0, 0.05) is 30.4 Å². The van der Waals surface area contributed by atoms with Crippen molar-refractivity contribution in [2.24, 2.45) is 7.05 Å². The quantitative estimate of drug-likeness (QED) is 0.832. The Hall–Kier alpha value is -2.43. The smallest absolute Gasteiger partial charge is 0.238 e. The van der Waals surface area contributed by atoms with Gasteiger partial charge >= 0.3 is 0 Å². The van der Waals surface area contributed by atoms with E-state index < -0.39 is 5.54 Å². The third-order valence-corrected chi connectivity index (χ3v) is 4.97. The molecule has 2 fully saturated rings. The molecule has 2 unspecified atom stereocenters. The molecule has 4 rings (SSSR count). The van der Waals surface area contributed by atoms with Gasteiger partial charge < -0.3 is 10.1 Å². The Morgan fingerprint density at radius 2 is 2.42 bits per heavy atom. The monoisotopic (exact) mass is 325 g/mol. The number of aromatic nitrogens is 2. The van der Waals surface area contributed by atoms with Crippen molar-refractivity contribution in [2.45, 2.75) is 30.5 Å². The van der Waals surface area contributed by atoms with Crippen LogP contribution in [0.25, 0.3) is 0 Å². The maximum Gasteiger partial charge on any atom is 0.238 e. The average Bonchev–Trinajstić information content (AvgIpc) is 3.16. The van der Waals surface area contributed by atoms with Crippen LogP contribution in [0.4, 0.5) is 0 Å². The number of carbonyl (C=O) groups is 1. The van der Waals surface area contributed by atoms with E-state index in [2.05, 4.69) is 21.8 Å². The Bertz CT molecular complexity index is 781. The largest absolute Gasteiger partial charge is 0.376 e. The molecule has 2 saturated heterocycles. The summed E-state index contributed by atoms with van der Waals surface area (Å²) in [6.45, 7) is 0.923. The SMILES string of the molecule is Cn1cc(C2(NC(=O)C3CC4=CC(C#N)=CCC4N3)COC2)cn1. The number of amides is 1. The second-order valence-corrected chi connectivity index (χ2v) is 6.67. The zero-order valence-electron chi connectivity index (χ0n) is 13.5. The number of nitrogens with zero attached hydrogens (tertiary/aromatic N) is 3. The molecule has 7 nitrogen and oxygen atoms in total. The molecule has 0 saturated carbocycles. The molecule has 1 aliphatic carbocycles. The number of rotatable bonds is 3. The van der Waals surface area contributed by atoms with Gasteiger partial charge in [0.05, 0.1) is 31.5 Å². The Kier molecular flexibility index (Phi) is 3.52. The Morgan fingerprint density at radius 3 is 3.04 bits per heavy atom. The molecule has 2 N–H and O–H groups in total. The number of allylic oxidation sites excluding steroid dienone is 2. The number of carbonyl (C=O) groups excluding carboxylic acids is 1. The number of hydrogen-bond donors (Lipinski definition) is 2. The predicted molar refractivity (Wildman–Crippen MR) is 85.6 cm³/mol. The average molecular weight is 325 g/mol. The van der Waals surface area contributed by atoms with Gasteiger partial charge in [0.1, 0.15) is 5.54 Å². The number of nitriles is 1. The van der Waals surface area contributed by atoms with Gasteiger partial charge in [-0.3, -0.25) is 14.8 Å². The van der Waals surface area contributed by atoms with Crippen LogP contribution < -0.4 is 10.6 Å². The van der Waals surface area contributed by atoms with Crippen LogP contribution >= 0.6 is 0 Å². The van der Waals surface area contributed by atoms with E-state index in [-0.39, 0.29) is 18.0 Å². The molecule has 0 aromatic carbocycles. The van der Waals surface area contributed by atoms with Gasteiger partial charge in [0.2, 0.25) is 5.91 Å². The summed E-state index contributed by atoms with van der Waals surface area (Å²) in [6.07, 6.45) is 8.90. The topological polar surface area (TPSA) is 92.0 Å². The van der Waals surface area contributed by atoms with Crippen LogP contribution in [0.2, 0.25) is 0 Å². The lowest BCUT2D eigenvalue weighted by molar-refractivity contribution is -0.135. The fourth-order valence-electron chi connectivity index (χ4n) is 3.52. The van der Waals surface area contributed by atoms with E-state index in [1.807, 2.05) is 25.4 Å². The van der Waals surface area contributed by atoms with Gasteiger partial charge in [-0.15, -0.1) is 0 Å². The first-order valence-corrected chi connectivity index (χ1v) is 8.05. The third kappa shape index (κ3) is 2.44. The molecule has 24 heavy (non-hydrogen) atoms. The zero-order valence-corrected chi connectivity index (χ0v) is 13.5. The second-order valence-electron chi connectivity index (χ2n) is 6.67. The first kappa shape index (κ1) is 15.1. The van der Waals surface area contributed by atoms with Crippen molar-refractivity contribution in [1.82, 2.24) is 20.4 Å². The second kappa shape index (κ2) is 5.58. The van der Waals surface area contributed by atoms with Crippen molar-refractivity contribution in [3.63, 3.8) is 0 Å². The summed E-state index contributed by atoms with van der Waals surface area (Å²) in [6, 6.07) is 2.05. The summed E-state index contributed by atoms with van der Waals surface area (Å²) in [5, 5.41) is 19.7. The van der Waals surface area contributed by atoms with Crippen molar-refractivity contribution in [1.29, 1.82) is 5.26 Å². The summed E-state index contributed by atoms with van der Waals surface area (Å²) in [5.74, 6) is -0.0315. The van der Waals surface area contributed by atoms with E-state index in [4.69, 9.17) is 10.00 Å². The molecule has 1 aromatic heterocycles. The van der Waals surface area contributed by atoms with E-state index in [9.17, 15) is 4.79 Å². The normalized spacial score (nSPS) is 27.3. The van der Waals surface area contributed by atoms with Crippen molar-refractivity contribution in [3.8, 4) is 6.07 Å². The highest BCUT2D eigenvalue weighted by molar-refractivity contribution is 5.84. The molecule has 3 heterocycles. The van der Waals surface area contributed by atoms with Crippen molar-refractivity contribution in [2.75, 3.05) is 13.2 Å². The number of ether oxygens (including phenoxy) is 1. The third-order valence-electron chi connectivity index (χ3n) is 4.97. The molecule has 0 radical (unpaired) electrons.